The largest absolute Gasteiger partial charge is 0.433 e. The molecule has 0 unspecified atom stereocenters. The van der Waals surface area contributed by atoms with E-state index in [4.69, 9.17) is 4.74 Å². The van der Waals surface area contributed by atoms with Gasteiger partial charge in [-0.1, -0.05) is 0 Å². The Labute approximate surface area is 159 Å². The van der Waals surface area contributed by atoms with Crippen molar-refractivity contribution >= 4 is 11.6 Å². The van der Waals surface area contributed by atoms with Crippen LogP contribution < -0.4 is 5.32 Å². The average molecular weight is 397 g/mol. The minimum atomic E-state index is -4.57. The lowest BCUT2D eigenvalue weighted by Gasteiger charge is -2.26. The number of fused-ring (bicyclic) bond motifs is 1. The maximum absolute atomic E-state index is 13.4. The Bertz CT molecular complexity index is 857. The highest BCUT2D eigenvalue weighted by Gasteiger charge is 2.37. The molecule has 7 nitrogen and oxygen atoms in total. The summed E-state index contributed by atoms with van der Waals surface area (Å²) >= 11 is 0. The van der Waals surface area contributed by atoms with Gasteiger partial charge in [0.2, 0.25) is 0 Å². The molecule has 1 N–H and O–H groups in total. The van der Waals surface area contributed by atoms with Crippen molar-refractivity contribution in [2.24, 2.45) is 0 Å². The van der Waals surface area contributed by atoms with Crippen molar-refractivity contribution in [1.29, 1.82) is 0 Å². The second-order valence-electron chi connectivity index (χ2n) is 7.20. The smallest absolute Gasteiger partial charge is 0.379 e. The zero-order chi connectivity index (χ0) is 19.7. The van der Waals surface area contributed by atoms with E-state index in [1.54, 1.807) is 0 Å². The van der Waals surface area contributed by atoms with Crippen LogP contribution in [0.2, 0.25) is 0 Å². The highest BCUT2D eigenvalue weighted by molar-refractivity contribution is 5.99. The van der Waals surface area contributed by atoms with E-state index < -0.39 is 17.8 Å². The highest BCUT2D eigenvalue weighted by atomic mass is 19.4. The van der Waals surface area contributed by atoms with E-state index in [0.29, 0.717) is 30.0 Å². The molecular formula is C18H22F3N5O2. The number of morpholine rings is 1. The number of rotatable bonds is 6. The van der Waals surface area contributed by atoms with Gasteiger partial charge in [0.05, 0.1) is 19.4 Å². The Hall–Kier alpha value is -2.20. The molecule has 10 heteroatoms. The van der Waals surface area contributed by atoms with Gasteiger partial charge in [0, 0.05) is 31.2 Å². The van der Waals surface area contributed by atoms with Crippen molar-refractivity contribution in [1.82, 2.24) is 24.8 Å². The van der Waals surface area contributed by atoms with Crippen molar-refractivity contribution in [3.8, 4) is 0 Å². The number of amides is 1. The molecule has 0 spiro atoms. The second kappa shape index (κ2) is 7.67. The summed E-state index contributed by atoms with van der Waals surface area (Å²) in [6.07, 6.45) is -1.02. The number of carbonyl (C=O) groups excluding carboxylic acids is 1. The molecule has 1 aliphatic heterocycles. The first-order valence-electron chi connectivity index (χ1n) is 9.47. The molecule has 28 heavy (non-hydrogen) atoms. The highest BCUT2D eigenvalue weighted by Crippen LogP contribution is 2.41. The van der Waals surface area contributed by atoms with Gasteiger partial charge in [0.15, 0.2) is 5.65 Å². The molecule has 1 saturated heterocycles. The summed E-state index contributed by atoms with van der Waals surface area (Å²) < 4.78 is 46.3. The van der Waals surface area contributed by atoms with Crippen LogP contribution in [0.5, 0.6) is 0 Å². The Balaban J connectivity index is 1.47. The maximum Gasteiger partial charge on any atom is 0.433 e. The topological polar surface area (TPSA) is 71.8 Å². The van der Waals surface area contributed by atoms with Gasteiger partial charge in [-0.05, 0) is 31.9 Å². The van der Waals surface area contributed by atoms with Crippen LogP contribution in [0.1, 0.15) is 46.9 Å². The van der Waals surface area contributed by atoms with Gasteiger partial charge in [-0.2, -0.15) is 18.3 Å². The van der Waals surface area contributed by atoms with Crippen molar-refractivity contribution in [2.75, 3.05) is 39.4 Å². The van der Waals surface area contributed by atoms with Crippen LogP contribution in [0.25, 0.3) is 5.65 Å². The summed E-state index contributed by atoms with van der Waals surface area (Å²) in [5.74, 6) is -0.420. The third-order valence-corrected chi connectivity index (χ3v) is 5.06. The van der Waals surface area contributed by atoms with Gasteiger partial charge >= 0.3 is 6.18 Å². The monoisotopic (exact) mass is 397 g/mol. The molecule has 0 bridgehead atoms. The maximum atomic E-state index is 13.4. The van der Waals surface area contributed by atoms with Gasteiger partial charge in [-0.3, -0.25) is 9.69 Å². The molecule has 4 rings (SSSR count). The number of ether oxygens (including phenoxy) is 1. The van der Waals surface area contributed by atoms with Crippen LogP contribution >= 0.6 is 0 Å². The fourth-order valence-electron chi connectivity index (χ4n) is 3.36. The van der Waals surface area contributed by atoms with Crippen molar-refractivity contribution < 1.29 is 22.7 Å². The molecule has 0 atom stereocenters. The third-order valence-electron chi connectivity index (χ3n) is 5.06. The van der Waals surface area contributed by atoms with E-state index in [9.17, 15) is 18.0 Å². The Kier molecular flexibility index (Phi) is 5.24. The zero-order valence-electron chi connectivity index (χ0n) is 15.3. The number of nitrogens with one attached hydrogen (secondary N) is 1. The zero-order valence-corrected chi connectivity index (χ0v) is 15.3. The van der Waals surface area contributed by atoms with Crippen molar-refractivity contribution in [3.05, 3.63) is 29.2 Å². The van der Waals surface area contributed by atoms with E-state index in [1.165, 1.54) is 0 Å². The predicted octanol–water partition coefficient (Wildman–Crippen LogP) is 2.08. The number of carbonyl (C=O) groups is 1. The average Bonchev–Trinajstić information content (AvgIpc) is 3.43. The number of alkyl halides is 3. The van der Waals surface area contributed by atoms with Crippen LogP contribution in [0.15, 0.2) is 12.3 Å². The summed E-state index contributed by atoms with van der Waals surface area (Å²) in [7, 11) is 0. The standard InChI is InChI=1S/C18H22F3N5O2/c19-18(20,21)15-10-14(12-2-3-12)24-16-13(11-23-26(15)16)17(27)22-4-1-5-25-6-8-28-9-7-25/h10-12H,1-9H2,(H,22,27). The van der Waals surface area contributed by atoms with E-state index in [0.717, 1.165) is 51.2 Å². The van der Waals surface area contributed by atoms with E-state index in [1.807, 2.05) is 0 Å². The van der Waals surface area contributed by atoms with Gasteiger partial charge in [-0.25, -0.2) is 9.50 Å². The summed E-state index contributed by atoms with van der Waals surface area (Å²) in [5.41, 5.74) is -0.491. The van der Waals surface area contributed by atoms with Crippen LogP contribution in [-0.2, 0) is 10.9 Å². The third kappa shape index (κ3) is 4.12. The minimum Gasteiger partial charge on any atom is -0.379 e. The number of hydrogen-bond donors (Lipinski definition) is 1. The van der Waals surface area contributed by atoms with E-state index in [2.05, 4.69) is 20.3 Å². The number of aromatic nitrogens is 3. The Morgan fingerprint density at radius 1 is 1.29 bits per heavy atom. The minimum absolute atomic E-state index is 0.0328. The van der Waals surface area contributed by atoms with E-state index >= 15 is 0 Å². The fourth-order valence-corrected chi connectivity index (χ4v) is 3.36. The molecule has 2 aliphatic rings. The molecule has 2 aromatic heterocycles. The first-order chi connectivity index (χ1) is 13.4. The fraction of sp³-hybridized carbons (Fsp3) is 0.611. The molecular weight excluding hydrogens is 375 g/mol. The molecule has 1 amide bonds. The van der Waals surface area contributed by atoms with Crippen LogP contribution in [0, 0.1) is 0 Å². The summed E-state index contributed by atoms with van der Waals surface area (Å²) in [6, 6.07) is 1.04. The lowest BCUT2D eigenvalue weighted by atomic mass is 10.2. The lowest BCUT2D eigenvalue weighted by Crippen LogP contribution is -2.38. The van der Waals surface area contributed by atoms with Crippen molar-refractivity contribution in [2.45, 2.75) is 31.4 Å². The van der Waals surface area contributed by atoms with Crippen LogP contribution in [-0.4, -0.2) is 64.8 Å². The molecule has 0 aromatic carbocycles. The van der Waals surface area contributed by atoms with Crippen LogP contribution in [0.3, 0.4) is 0 Å². The quantitative estimate of drug-likeness (QED) is 0.756. The first-order valence-corrected chi connectivity index (χ1v) is 9.47. The number of halogens is 3. The molecule has 152 valence electrons. The SMILES string of the molecule is O=C(NCCCN1CCOCC1)c1cnn2c(C(F)(F)F)cc(C3CC3)nc12. The number of hydrogen-bond acceptors (Lipinski definition) is 5. The second-order valence-corrected chi connectivity index (χ2v) is 7.20. The molecule has 2 aromatic rings. The summed E-state index contributed by atoms with van der Waals surface area (Å²) in [5, 5.41) is 6.55. The normalized spacial score (nSPS) is 18.5. The Morgan fingerprint density at radius 2 is 2.04 bits per heavy atom. The molecule has 0 radical (unpaired) electrons. The predicted molar refractivity (Wildman–Crippen MR) is 94.2 cm³/mol. The molecule has 1 saturated carbocycles. The van der Waals surface area contributed by atoms with E-state index in [-0.39, 0.29) is 17.1 Å². The summed E-state index contributed by atoms with van der Waals surface area (Å²) in [6.45, 7) is 4.44. The number of nitrogens with zero attached hydrogens (tertiary/aromatic N) is 4. The molecule has 2 fully saturated rings. The first kappa shape index (κ1) is 19.1. The lowest BCUT2D eigenvalue weighted by molar-refractivity contribution is -0.142. The molecule has 3 heterocycles. The Morgan fingerprint density at radius 3 is 2.71 bits per heavy atom. The van der Waals surface area contributed by atoms with Crippen LogP contribution in [0.4, 0.5) is 13.2 Å². The van der Waals surface area contributed by atoms with Gasteiger partial charge in [-0.15, -0.1) is 0 Å². The van der Waals surface area contributed by atoms with Gasteiger partial charge in [0.25, 0.3) is 5.91 Å². The molecule has 1 aliphatic carbocycles. The van der Waals surface area contributed by atoms with Gasteiger partial charge < -0.3 is 10.1 Å². The van der Waals surface area contributed by atoms with Gasteiger partial charge in [0.1, 0.15) is 11.3 Å². The van der Waals surface area contributed by atoms with Crippen molar-refractivity contribution in [3.63, 3.8) is 0 Å². The summed E-state index contributed by atoms with van der Waals surface area (Å²) in [4.78, 5) is 19.1.